The quantitative estimate of drug-likeness (QED) is 0.804. The first-order valence-corrected chi connectivity index (χ1v) is 9.68. The zero-order valence-corrected chi connectivity index (χ0v) is 16.5. The van der Waals surface area contributed by atoms with Crippen molar-refractivity contribution in [2.45, 2.75) is 44.7 Å². The topological polar surface area (TPSA) is 52.5 Å². The largest absolute Gasteiger partial charge is 0.497 e. The number of methoxy groups -OCH3 is 1. The van der Waals surface area contributed by atoms with E-state index in [1.54, 1.807) is 7.11 Å². The van der Waals surface area contributed by atoms with Crippen LogP contribution in [0.15, 0.2) is 48.8 Å². The number of nitrogens with one attached hydrogen (secondary N) is 1. The smallest absolute Gasteiger partial charge is 0.222 e. The van der Waals surface area contributed by atoms with E-state index < -0.39 is 0 Å². The first-order chi connectivity index (χ1) is 13.0. The van der Waals surface area contributed by atoms with Gasteiger partial charge >= 0.3 is 0 Å². The Balaban J connectivity index is 1.74. The first kappa shape index (κ1) is 19.5. The zero-order chi connectivity index (χ0) is 19.3. The van der Waals surface area contributed by atoms with Gasteiger partial charge in [-0.1, -0.05) is 26.0 Å². The second-order valence-electron chi connectivity index (χ2n) is 7.67. The molecule has 2 heterocycles. The van der Waals surface area contributed by atoms with Gasteiger partial charge < -0.3 is 19.4 Å². The normalized spacial score (nSPS) is 17.5. The van der Waals surface area contributed by atoms with E-state index in [1.165, 1.54) is 0 Å². The van der Waals surface area contributed by atoms with Gasteiger partial charge in [-0.25, -0.2) is 0 Å². The molecule has 0 saturated carbocycles. The minimum atomic E-state index is -0.201. The molecule has 0 spiro atoms. The third kappa shape index (κ3) is 4.53. The van der Waals surface area contributed by atoms with E-state index in [9.17, 15) is 4.79 Å². The molecule has 27 heavy (non-hydrogen) atoms. The number of carbonyl (C=O) groups is 1. The van der Waals surface area contributed by atoms with E-state index in [4.69, 9.17) is 9.47 Å². The summed E-state index contributed by atoms with van der Waals surface area (Å²) in [5.74, 6) is 1.20. The van der Waals surface area contributed by atoms with Crippen LogP contribution >= 0.6 is 0 Å². The zero-order valence-electron chi connectivity index (χ0n) is 16.5. The monoisotopic (exact) mass is 370 g/mol. The molecule has 5 nitrogen and oxygen atoms in total. The summed E-state index contributed by atoms with van der Waals surface area (Å²) in [6.07, 6.45) is 6.28. The SMILES string of the molecule is COc1ccc(C(NC(=O)CC2(n3cccc3)CCOCC2)C(C)C)cc1. The molecule has 0 bridgehead atoms. The maximum Gasteiger partial charge on any atom is 0.222 e. The van der Waals surface area contributed by atoms with Crippen molar-refractivity contribution in [2.24, 2.45) is 5.92 Å². The lowest BCUT2D eigenvalue weighted by atomic mass is 9.85. The molecule has 1 aliphatic heterocycles. The molecule has 1 aromatic heterocycles. The highest BCUT2D eigenvalue weighted by atomic mass is 16.5. The lowest BCUT2D eigenvalue weighted by Crippen LogP contribution is -2.44. The van der Waals surface area contributed by atoms with Crippen LogP contribution in [-0.2, 0) is 15.1 Å². The molecule has 2 aromatic rings. The molecule has 1 fully saturated rings. The lowest BCUT2D eigenvalue weighted by molar-refractivity contribution is -0.125. The molecule has 1 saturated heterocycles. The van der Waals surface area contributed by atoms with E-state index in [1.807, 2.05) is 36.4 Å². The molecule has 1 aromatic carbocycles. The van der Waals surface area contributed by atoms with E-state index >= 15 is 0 Å². The van der Waals surface area contributed by atoms with Gasteiger partial charge in [-0.15, -0.1) is 0 Å². The Kier molecular flexibility index (Phi) is 6.22. The Morgan fingerprint density at radius 2 is 1.81 bits per heavy atom. The summed E-state index contributed by atoms with van der Waals surface area (Å²) in [5, 5.41) is 3.27. The molecule has 1 aliphatic rings. The van der Waals surface area contributed by atoms with Crippen LogP contribution in [0, 0.1) is 5.92 Å². The van der Waals surface area contributed by atoms with Crippen LogP contribution in [0.5, 0.6) is 5.75 Å². The minimum absolute atomic E-state index is 0.0232. The van der Waals surface area contributed by atoms with Crippen molar-refractivity contribution in [1.29, 1.82) is 0 Å². The fourth-order valence-electron chi connectivity index (χ4n) is 3.90. The van der Waals surface area contributed by atoms with Gasteiger partial charge in [0.25, 0.3) is 0 Å². The summed E-state index contributed by atoms with van der Waals surface area (Å²) in [4.78, 5) is 13.0. The number of nitrogens with zero attached hydrogens (tertiary/aromatic N) is 1. The molecule has 146 valence electrons. The first-order valence-electron chi connectivity index (χ1n) is 9.68. The van der Waals surface area contributed by atoms with E-state index in [2.05, 4.69) is 36.1 Å². The van der Waals surface area contributed by atoms with Gasteiger partial charge in [0.15, 0.2) is 0 Å². The molecule has 0 aliphatic carbocycles. The van der Waals surface area contributed by atoms with E-state index in [0.717, 1.165) is 24.2 Å². The van der Waals surface area contributed by atoms with Crippen LogP contribution in [0.1, 0.15) is 44.7 Å². The molecule has 3 rings (SSSR count). The highest BCUT2D eigenvalue weighted by molar-refractivity contribution is 5.77. The lowest BCUT2D eigenvalue weighted by Gasteiger charge is -2.39. The van der Waals surface area contributed by atoms with Crippen molar-refractivity contribution in [3.8, 4) is 5.75 Å². The highest BCUT2D eigenvalue weighted by Gasteiger charge is 2.36. The standard InChI is InChI=1S/C22H30N2O3/c1-17(2)21(18-6-8-19(26-3)9-7-18)23-20(25)16-22(10-14-27-15-11-22)24-12-4-5-13-24/h4-9,12-13,17,21H,10-11,14-16H2,1-3H3,(H,23,25). The Hall–Kier alpha value is -2.27. The van der Waals surface area contributed by atoms with E-state index in [-0.39, 0.29) is 17.5 Å². The maximum absolute atomic E-state index is 13.0. The van der Waals surface area contributed by atoms with Crippen molar-refractivity contribution in [3.05, 3.63) is 54.4 Å². The molecular formula is C22H30N2O3. The Labute approximate surface area is 161 Å². The summed E-state index contributed by atoms with van der Waals surface area (Å²) in [7, 11) is 1.66. The highest BCUT2D eigenvalue weighted by Crippen LogP contribution is 2.33. The van der Waals surface area contributed by atoms with Gasteiger partial charge in [-0.05, 0) is 48.6 Å². The van der Waals surface area contributed by atoms with Crippen LogP contribution in [0.25, 0.3) is 0 Å². The Morgan fingerprint density at radius 3 is 2.37 bits per heavy atom. The fourth-order valence-corrected chi connectivity index (χ4v) is 3.90. The third-order valence-electron chi connectivity index (χ3n) is 5.52. The number of rotatable bonds is 7. The van der Waals surface area contributed by atoms with Gasteiger partial charge in [-0.3, -0.25) is 4.79 Å². The van der Waals surface area contributed by atoms with Crippen molar-refractivity contribution in [2.75, 3.05) is 20.3 Å². The van der Waals surface area contributed by atoms with Crippen molar-refractivity contribution >= 4 is 5.91 Å². The van der Waals surface area contributed by atoms with Gasteiger partial charge in [0.2, 0.25) is 5.91 Å². The summed E-state index contributed by atoms with van der Waals surface area (Å²) in [6, 6.07) is 11.9. The number of carbonyl (C=O) groups excluding carboxylic acids is 1. The van der Waals surface area contributed by atoms with Crippen molar-refractivity contribution in [3.63, 3.8) is 0 Å². The molecule has 1 atom stereocenters. The second kappa shape index (κ2) is 8.61. The third-order valence-corrected chi connectivity index (χ3v) is 5.52. The predicted molar refractivity (Wildman–Crippen MR) is 106 cm³/mol. The summed E-state index contributed by atoms with van der Waals surface area (Å²) in [5.41, 5.74) is 0.897. The molecule has 0 radical (unpaired) electrons. The number of amides is 1. The molecule has 1 unspecified atom stereocenters. The van der Waals surface area contributed by atoms with Gasteiger partial charge in [0.05, 0.1) is 25.1 Å². The van der Waals surface area contributed by atoms with Crippen LogP contribution in [0.4, 0.5) is 0 Å². The average molecular weight is 370 g/mol. The second-order valence-corrected chi connectivity index (χ2v) is 7.67. The molecule has 5 heteroatoms. The fraction of sp³-hybridized carbons (Fsp3) is 0.500. The molecular weight excluding hydrogens is 340 g/mol. The molecule has 1 amide bonds. The number of hydrogen-bond acceptors (Lipinski definition) is 3. The predicted octanol–water partition coefficient (Wildman–Crippen LogP) is 3.91. The minimum Gasteiger partial charge on any atom is -0.497 e. The number of hydrogen-bond donors (Lipinski definition) is 1. The maximum atomic E-state index is 13.0. The Bertz CT molecular complexity index is 717. The summed E-state index contributed by atoms with van der Waals surface area (Å²) in [6.45, 7) is 5.64. The average Bonchev–Trinajstić information content (AvgIpc) is 3.22. The number of benzene rings is 1. The van der Waals surface area contributed by atoms with E-state index in [0.29, 0.717) is 25.6 Å². The molecule has 1 N–H and O–H groups in total. The van der Waals surface area contributed by atoms with Gasteiger partial charge in [-0.2, -0.15) is 0 Å². The number of aromatic nitrogens is 1. The van der Waals surface area contributed by atoms with Crippen LogP contribution < -0.4 is 10.1 Å². The van der Waals surface area contributed by atoms with Gasteiger partial charge in [0.1, 0.15) is 5.75 Å². The van der Waals surface area contributed by atoms with Crippen LogP contribution in [-0.4, -0.2) is 30.8 Å². The number of ether oxygens (including phenoxy) is 2. The van der Waals surface area contributed by atoms with Crippen molar-refractivity contribution in [1.82, 2.24) is 9.88 Å². The van der Waals surface area contributed by atoms with Crippen LogP contribution in [0.2, 0.25) is 0 Å². The van der Waals surface area contributed by atoms with Crippen LogP contribution in [0.3, 0.4) is 0 Å². The van der Waals surface area contributed by atoms with Crippen molar-refractivity contribution < 1.29 is 14.3 Å². The summed E-state index contributed by atoms with van der Waals surface area (Å²) < 4.78 is 13.0. The Morgan fingerprint density at radius 1 is 1.19 bits per heavy atom. The van der Waals surface area contributed by atoms with Gasteiger partial charge in [0, 0.05) is 25.6 Å². The summed E-state index contributed by atoms with van der Waals surface area (Å²) >= 11 is 0.